The number of carbonyl (C=O) groups is 1. The molecule has 1 amide bonds. The molecule has 18 heavy (non-hydrogen) atoms. The van der Waals surface area contributed by atoms with E-state index in [2.05, 4.69) is 15.5 Å². The lowest BCUT2D eigenvalue weighted by Gasteiger charge is -2.19. The van der Waals surface area contributed by atoms with Crippen molar-refractivity contribution in [2.24, 2.45) is 0 Å². The third kappa shape index (κ3) is 3.08. The average Bonchev–Trinajstić information content (AvgIpc) is 2.73. The second-order valence-electron chi connectivity index (χ2n) is 3.74. The summed E-state index contributed by atoms with van der Waals surface area (Å²) in [5.41, 5.74) is 0.462. The zero-order valence-electron chi connectivity index (χ0n) is 10.7. The van der Waals surface area contributed by atoms with Crippen molar-refractivity contribution in [3.63, 3.8) is 0 Å². The molecule has 0 spiro atoms. The fourth-order valence-electron chi connectivity index (χ4n) is 1.52. The highest BCUT2D eigenvalue weighted by atomic mass is 32.2. The van der Waals surface area contributed by atoms with Gasteiger partial charge in [0.2, 0.25) is 15.9 Å². The van der Waals surface area contributed by atoms with Crippen LogP contribution in [0, 0.1) is 6.92 Å². The molecule has 0 aliphatic carbocycles. The van der Waals surface area contributed by atoms with Crippen molar-refractivity contribution >= 4 is 15.9 Å². The standard InChI is InChI=1S/C10H18N4O3S/c1-4-11-10(15)7-14(5-2)18(16,17)9-6-12-13-8(9)3/h6H,4-5,7H2,1-3H3,(H,11,15)(H,12,13). The van der Waals surface area contributed by atoms with Gasteiger partial charge >= 0.3 is 0 Å². The molecule has 102 valence electrons. The molecule has 0 aromatic carbocycles. The summed E-state index contributed by atoms with van der Waals surface area (Å²) in [6.45, 7) is 5.61. The summed E-state index contributed by atoms with van der Waals surface area (Å²) in [6, 6.07) is 0. The van der Waals surface area contributed by atoms with Crippen molar-refractivity contribution in [2.75, 3.05) is 19.6 Å². The number of carbonyl (C=O) groups excluding carboxylic acids is 1. The van der Waals surface area contributed by atoms with E-state index in [-0.39, 0.29) is 23.9 Å². The van der Waals surface area contributed by atoms with Crippen molar-refractivity contribution in [1.29, 1.82) is 0 Å². The number of H-pyrrole nitrogens is 1. The van der Waals surface area contributed by atoms with E-state index in [9.17, 15) is 13.2 Å². The van der Waals surface area contributed by atoms with Crippen LogP contribution in [0.25, 0.3) is 0 Å². The number of hydrogen-bond acceptors (Lipinski definition) is 4. The van der Waals surface area contributed by atoms with E-state index in [1.807, 2.05) is 0 Å². The minimum Gasteiger partial charge on any atom is -0.355 e. The van der Waals surface area contributed by atoms with Gasteiger partial charge in [0.1, 0.15) is 4.90 Å². The van der Waals surface area contributed by atoms with Gasteiger partial charge in [0.25, 0.3) is 0 Å². The van der Waals surface area contributed by atoms with Gasteiger partial charge in [0.15, 0.2) is 0 Å². The van der Waals surface area contributed by atoms with Gasteiger partial charge in [-0.3, -0.25) is 9.89 Å². The number of amides is 1. The third-order valence-corrected chi connectivity index (χ3v) is 4.48. The fraction of sp³-hybridized carbons (Fsp3) is 0.600. The summed E-state index contributed by atoms with van der Waals surface area (Å²) in [5.74, 6) is -0.316. The van der Waals surface area contributed by atoms with Crippen molar-refractivity contribution < 1.29 is 13.2 Å². The number of sulfonamides is 1. The molecule has 0 unspecified atom stereocenters. The van der Waals surface area contributed by atoms with Gasteiger partial charge in [0, 0.05) is 13.1 Å². The molecule has 0 bridgehead atoms. The highest BCUT2D eigenvalue weighted by molar-refractivity contribution is 7.89. The lowest BCUT2D eigenvalue weighted by atomic mass is 10.5. The highest BCUT2D eigenvalue weighted by Crippen LogP contribution is 2.16. The van der Waals surface area contributed by atoms with Crippen molar-refractivity contribution in [3.05, 3.63) is 11.9 Å². The Hall–Kier alpha value is -1.41. The zero-order chi connectivity index (χ0) is 13.8. The third-order valence-electron chi connectivity index (χ3n) is 2.45. The molecular formula is C10H18N4O3S. The Balaban J connectivity index is 2.95. The summed E-state index contributed by atoms with van der Waals surface area (Å²) >= 11 is 0. The molecule has 0 saturated heterocycles. The van der Waals surface area contributed by atoms with Crippen LogP contribution in [0.3, 0.4) is 0 Å². The monoisotopic (exact) mass is 274 g/mol. The molecule has 1 aromatic rings. The SMILES string of the molecule is CCNC(=O)CN(CC)S(=O)(=O)c1cn[nH]c1C. The van der Waals surface area contributed by atoms with E-state index in [0.717, 1.165) is 4.31 Å². The number of aryl methyl sites for hydroxylation is 1. The van der Waals surface area contributed by atoms with Crippen molar-refractivity contribution in [1.82, 2.24) is 19.8 Å². The van der Waals surface area contributed by atoms with E-state index >= 15 is 0 Å². The number of aromatic nitrogens is 2. The number of aromatic amines is 1. The first-order chi connectivity index (χ1) is 8.43. The quantitative estimate of drug-likeness (QED) is 0.755. The van der Waals surface area contributed by atoms with Gasteiger partial charge in [0.05, 0.1) is 18.4 Å². The van der Waals surface area contributed by atoms with Gasteiger partial charge in [-0.15, -0.1) is 0 Å². The number of rotatable bonds is 6. The average molecular weight is 274 g/mol. The van der Waals surface area contributed by atoms with Gasteiger partial charge in [-0.1, -0.05) is 6.92 Å². The largest absolute Gasteiger partial charge is 0.355 e. The first kappa shape index (κ1) is 14.7. The van der Waals surface area contributed by atoms with Crippen LogP contribution < -0.4 is 5.32 Å². The molecule has 0 radical (unpaired) electrons. The second kappa shape index (κ2) is 5.96. The Bertz CT molecular complexity index is 509. The van der Waals surface area contributed by atoms with Crippen LogP contribution in [0.5, 0.6) is 0 Å². The Morgan fingerprint density at radius 2 is 2.17 bits per heavy atom. The van der Waals surface area contributed by atoms with E-state index in [1.54, 1.807) is 20.8 Å². The van der Waals surface area contributed by atoms with Gasteiger partial charge in [-0.05, 0) is 13.8 Å². The second-order valence-corrected chi connectivity index (χ2v) is 5.65. The Morgan fingerprint density at radius 1 is 1.50 bits per heavy atom. The predicted octanol–water partition coefficient (Wildman–Crippen LogP) is -0.135. The molecule has 0 aliphatic heterocycles. The maximum atomic E-state index is 12.3. The molecule has 7 nitrogen and oxygen atoms in total. The van der Waals surface area contributed by atoms with Gasteiger partial charge in [-0.2, -0.15) is 9.40 Å². The molecular weight excluding hydrogens is 256 g/mol. The molecule has 2 N–H and O–H groups in total. The molecule has 0 aliphatic rings. The van der Waals surface area contributed by atoms with Crippen LogP contribution >= 0.6 is 0 Å². The lowest BCUT2D eigenvalue weighted by molar-refractivity contribution is -0.121. The van der Waals surface area contributed by atoms with Crippen molar-refractivity contribution in [2.45, 2.75) is 25.7 Å². The maximum absolute atomic E-state index is 12.3. The topological polar surface area (TPSA) is 95.2 Å². The van der Waals surface area contributed by atoms with Crippen molar-refractivity contribution in [3.8, 4) is 0 Å². The summed E-state index contributed by atoms with van der Waals surface area (Å²) in [5, 5.41) is 8.84. The van der Waals surface area contributed by atoms with E-state index in [0.29, 0.717) is 12.2 Å². The van der Waals surface area contributed by atoms with Crippen LogP contribution in [0.4, 0.5) is 0 Å². The van der Waals surface area contributed by atoms with E-state index in [1.165, 1.54) is 6.20 Å². The smallest absolute Gasteiger partial charge is 0.246 e. The zero-order valence-corrected chi connectivity index (χ0v) is 11.5. The summed E-state index contributed by atoms with van der Waals surface area (Å²) < 4.78 is 25.7. The van der Waals surface area contributed by atoms with Crippen LogP contribution in [0.2, 0.25) is 0 Å². The Morgan fingerprint density at radius 3 is 2.61 bits per heavy atom. The lowest BCUT2D eigenvalue weighted by Crippen LogP contribution is -2.40. The summed E-state index contributed by atoms with van der Waals surface area (Å²) in [4.78, 5) is 11.6. The fourth-order valence-corrected chi connectivity index (χ4v) is 3.04. The number of likely N-dealkylation sites (N-methyl/N-ethyl adjacent to an activating group) is 2. The number of nitrogens with zero attached hydrogens (tertiary/aromatic N) is 2. The van der Waals surface area contributed by atoms with Crippen LogP contribution in [-0.4, -0.2) is 48.5 Å². The minimum atomic E-state index is -3.67. The minimum absolute atomic E-state index is 0.105. The maximum Gasteiger partial charge on any atom is 0.246 e. The predicted molar refractivity (Wildman–Crippen MR) is 66.4 cm³/mol. The Labute approximate surface area is 107 Å². The molecule has 8 heteroatoms. The van der Waals surface area contributed by atoms with Crippen LogP contribution in [-0.2, 0) is 14.8 Å². The molecule has 0 saturated carbocycles. The summed E-state index contributed by atoms with van der Waals surface area (Å²) in [6.07, 6.45) is 1.26. The summed E-state index contributed by atoms with van der Waals surface area (Å²) in [7, 11) is -3.67. The number of nitrogens with one attached hydrogen (secondary N) is 2. The Kier molecular flexibility index (Phi) is 4.85. The normalized spacial score (nSPS) is 11.8. The van der Waals surface area contributed by atoms with Crippen LogP contribution in [0.15, 0.2) is 11.1 Å². The van der Waals surface area contributed by atoms with Gasteiger partial charge < -0.3 is 5.32 Å². The first-order valence-electron chi connectivity index (χ1n) is 5.70. The molecule has 1 heterocycles. The van der Waals surface area contributed by atoms with E-state index in [4.69, 9.17) is 0 Å². The highest BCUT2D eigenvalue weighted by Gasteiger charge is 2.27. The van der Waals surface area contributed by atoms with Gasteiger partial charge in [-0.25, -0.2) is 8.42 Å². The molecule has 1 rings (SSSR count). The number of hydrogen-bond donors (Lipinski definition) is 2. The van der Waals surface area contributed by atoms with E-state index < -0.39 is 10.0 Å². The molecule has 1 aromatic heterocycles. The molecule has 0 atom stereocenters. The first-order valence-corrected chi connectivity index (χ1v) is 7.14. The molecule has 0 fully saturated rings. The van der Waals surface area contributed by atoms with Crippen LogP contribution in [0.1, 0.15) is 19.5 Å².